The molecule has 164 valence electrons. The molecule has 0 aliphatic heterocycles. The first-order valence-electron chi connectivity index (χ1n) is 10.3. The highest BCUT2D eigenvalue weighted by molar-refractivity contribution is 6.33. The highest BCUT2D eigenvalue weighted by Gasteiger charge is 2.24. The summed E-state index contributed by atoms with van der Waals surface area (Å²) in [5.41, 5.74) is 4.14. The molecule has 0 radical (unpaired) electrons. The molecule has 0 aliphatic rings. The maximum absolute atomic E-state index is 13.3. The van der Waals surface area contributed by atoms with Crippen molar-refractivity contribution in [2.75, 3.05) is 20.6 Å². The first-order chi connectivity index (χ1) is 14.8. The van der Waals surface area contributed by atoms with Crippen molar-refractivity contribution in [1.82, 2.24) is 19.6 Å². The van der Waals surface area contributed by atoms with Crippen molar-refractivity contribution in [3.63, 3.8) is 0 Å². The lowest BCUT2D eigenvalue weighted by Crippen LogP contribution is -2.30. The molecule has 0 spiro atoms. The maximum atomic E-state index is 13.3. The van der Waals surface area contributed by atoms with Crippen LogP contribution in [-0.2, 0) is 19.6 Å². The number of carbonyl (C=O) groups excluding carboxylic acids is 1. The van der Waals surface area contributed by atoms with Crippen LogP contribution in [0.4, 0.5) is 4.39 Å². The van der Waals surface area contributed by atoms with E-state index in [0.717, 1.165) is 17.7 Å². The van der Waals surface area contributed by atoms with Gasteiger partial charge in [-0.2, -0.15) is 5.10 Å². The van der Waals surface area contributed by atoms with Crippen LogP contribution < -0.4 is 0 Å². The Morgan fingerprint density at radius 2 is 1.55 bits per heavy atom. The third kappa shape index (κ3) is 5.71. The first kappa shape index (κ1) is 23.0. The summed E-state index contributed by atoms with van der Waals surface area (Å²) in [6.45, 7) is 6.02. The van der Waals surface area contributed by atoms with E-state index in [2.05, 4.69) is 34.3 Å². The Hall–Kier alpha value is -2.70. The van der Waals surface area contributed by atoms with Gasteiger partial charge in [0.2, 0.25) is 0 Å². The molecule has 3 aromatic rings. The van der Waals surface area contributed by atoms with Crippen LogP contribution >= 0.6 is 11.6 Å². The summed E-state index contributed by atoms with van der Waals surface area (Å²) in [7, 11) is 4.07. The Morgan fingerprint density at radius 3 is 2.10 bits per heavy atom. The fourth-order valence-electron chi connectivity index (χ4n) is 3.48. The van der Waals surface area contributed by atoms with Gasteiger partial charge in [-0.05, 0) is 56.8 Å². The van der Waals surface area contributed by atoms with Crippen LogP contribution in [0.3, 0.4) is 0 Å². The minimum Gasteiger partial charge on any atom is -0.334 e. The molecule has 1 amide bonds. The fraction of sp³-hybridized carbons (Fsp3) is 0.333. The van der Waals surface area contributed by atoms with Gasteiger partial charge in [0.25, 0.3) is 5.91 Å². The molecule has 0 aliphatic carbocycles. The molecule has 7 heteroatoms. The van der Waals surface area contributed by atoms with Gasteiger partial charge in [0.1, 0.15) is 11.0 Å². The Morgan fingerprint density at radius 1 is 1.00 bits per heavy atom. The van der Waals surface area contributed by atoms with Gasteiger partial charge in [-0.25, -0.2) is 9.07 Å². The van der Waals surface area contributed by atoms with Gasteiger partial charge in [-0.3, -0.25) is 4.79 Å². The van der Waals surface area contributed by atoms with Crippen molar-refractivity contribution >= 4 is 17.5 Å². The van der Waals surface area contributed by atoms with E-state index < -0.39 is 0 Å². The zero-order valence-electron chi connectivity index (χ0n) is 18.4. The molecular weight excluding hydrogens is 415 g/mol. The SMILES string of the molecule is CCN(Cc1ccc(CN(C)C)cc1)C(=O)c1c(C)nn(Cc2ccc(F)cc2)c1Cl. The molecule has 0 atom stereocenters. The number of hydrogen-bond acceptors (Lipinski definition) is 3. The number of benzene rings is 2. The largest absolute Gasteiger partial charge is 0.334 e. The summed E-state index contributed by atoms with van der Waals surface area (Å²) in [4.78, 5) is 17.2. The van der Waals surface area contributed by atoms with Crippen LogP contribution in [0.2, 0.25) is 5.15 Å². The van der Waals surface area contributed by atoms with Crippen LogP contribution in [-0.4, -0.2) is 46.1 Å². The minimum absolute atomic E-state index is 0.146. The molecule has 0 bridgehead atoms. The lowest BCUT2D eigenvalue weighted by Gasteiger charge is -2.21. The molecule has 0 saturated heterocycles. The molecule has 0 fully saturated rings. The number of carbonyl (C=O) groups is 1. The first-order valence-corrected chi connectivity index (χ1v) is 10.7. The molecule has 0 unspecified atom stereocenters. The van der Waals surface area contributed by atoms with Gasteiger partial charge >= 0.3 is 0 Å². The van der Waals surface area contributed by atoms with Crippen molar-refractivity contribution < 1.29 is 9.18 Å². The smallest absolute Gasteiger partial charge is 0.259 e. The second kappa shape index (κ2) is 10.1. The normalized spacial score (nSPS) is 11.2. The number of rotatable bonds is 8. The predicted octanol–water partition coefficient (Wildman–Crippen LogP) is 4.76. The fourth-order valence-corrected chi connectivity index (χ4v) is 3.80. The summed E-state index contributed by atoms with van der Waals surface area (Å²) in [6, 6.07) is 14.5. The van der Waals surface area contributed by atoms with Crippen LogP contribution in [0.1, 0.15) is 39.7 Å². The highest BCUT2D eigenvalue weighted by Crippen LogP contribution is 2.24. The van der Waals surface area contributed by atoms with Crippen molar-refractivity contribution in [2.24, 2.45) is 0 Å². The van der Waals surface area contributed by atoms with Crippen LogP contribution in [0.5, 0.6) is 0 Å². The molecule has 3 rings (SSSR count). The molecular formula is C24H28ClFN4O. The van der Waals surface area contributed by atoms with E-state index in [1.165, 1.54) is 17.7 Å². The Bertz CT molecular complexity index is 1030. The molecule has 1 heterocycles. The monoisotopic (exact) mass is 442 g/mol. The zero-order valence-corrected chi connectivity index (χ0v) is 19.2. The second-order valence-corrected chi connectivity index (χ2v) is 8.27. The number of amides is 1. The number of aryl methyl sites for hydroxylation is 1. The molecule has 0 N–H and O–H groups in total. The molecule has 1 aromatic heterocycles. The van der Waals surface area contributed by atoms with Gasteiger partial charge in [-0.1, -0.05) is 48.0 Å². The van der Waals surface area contributed by atoms with Gasteiger partial charge in [0.15, 0.2) is 0 Å². The van der Waals surface area contributed by atoms with Crippen molar-refractivity contribution in [2.45, 2.75) is 33.5 Å². The molecule has 31 heavy (non-hydrogen) atoms. The van der Waals surface area contributed by atoms with Crippen molar-refractivity contribution in [3.8, 4) is 0 Å². The predicted molar refractivity (Wildman–Crippen MR) is 122 cm³/mol. The lowest BCUT2D eigenvalue weighted by atomic mass is 10.1. The average molecular weight is 443 g/mol. The van der Waals surface area contributed by atoms with Gasteiger partial charge in [-0.15, -0.1) is 0 Å². The molecule has 5 nitrogen and oxygen atoms in total. The standard InChI is InChI=1S/C24H28ClFN4O/c1-5-29(15-19-8-6-18(7-9-19)14-28(3)4)24(31)22-17(2)27-30(23(22)25)16-20-10-12-21(26)13-11-20/h6-13H,5,14-16H2,1-4H3. The van der Waals surface area contributed by atoms with E-state index in [9.17, 15) is 9.18 Å². The van der Waals surface area contributed by atoms with Gasteiger partial charge in [0, 0.05) is 19.6 Å². The summed E-state index contributed by atoms with van der Waals surface area (Å²) in [5, 5.41) is 4.75. The summed E-state index contributed by atoms with van der Waals surface area (Å²) in [6.07, 6.45) is 0. The van der Waals surface area contributed by atoms with E-state index in [4.69, 9.17) is 11.6 Å². The summed E-state index contributed by atoms with van der Waals surface area (Å²) in [5.74, 6) is -0.441. The maximum Gasteiger partial charge on any atom is 0.259 e. The van der Waals surface area contributed by atoms with E-state index in [0.29, 0.717) is 36.0 Å². The van der Waals surface area contributed by atoms with E-state index in [1.807, 2.05) is 21.0 Å². The Kier molecular flexibility index (Phi) is 7.46. The zero-order chi connectivity index (χ0) is 22.5. The number of aromatic nitrogens is 2. The molecule has 0 saturated carbocycles. The van der Waals surface area contributed by atoms with Gasteiger partial charge < -0.3 is 9.80 Å². The lowest BCUT2D eigenvalue weighted by molar-refractivity contribution is 0.0752. The Balaban J connectivity index is 1.77. The third-order valence-corrected chi connectivity index (χ3v) is 5.47. The second-order valence-electron chi connectivity index (χ2n) is 7.91. The topological polar surface area (TPSA) is 41.4 Å². The van der Waals surface area contributed by atoms with Gasteiger partial charge in [0.05, 0.1) is 17.8 Å². The Labute approximate surface area is 188 Å². The highest BCUT2D eigenvalue weighted by atomic mass is 35.5. The van der Waals surface area contributed by atoms with E-state index in [1.54, 1.807) is 28.6 Å². The summed E-state index contributed by atoms with van der Waals surface area (Å²) >= 11 is 6.55. The van der Waals surface area contributed by atoms with E-state index in [-0.39, 0.29) is 11.7 Å². The average Bonchev–Trinajstić information content (AvgIpc) is 3.01. The molecule has 2 aromatic carbocycles. The summed E-state index contributed by atoms with van der Waals surface area (Å²) < 4.78 is 14.7. The van der Waals surface area contributed by atoms with Crippen molar-refractivity contribution in [1.29, 1.82) is 0 Å². The van der Waals surface area contributed by atoms with Crippen LogP contribution in [0.15, 0.2) is 48.5 Å². The quantitative estimate of drug-likeness (QED) is 0.505. The van der Waals surface area contributed by atoms with Crippen LogP contribution in [0, 0.1) is 12.7 Å². The number of hydrogen-bond donors (Lipinski definition) is 0. The van der Waals surface area contributed by atoms with Crippen LogP contribution in [0.25, 0.3) is 0 Å². The number of nitrogens with zero attached hydrogens (tertiary/aromatic N) is 4. The van der Waals surface area contributed by atoms with Crippen molar-refractivity contribution in [3.05, 3.63) is 87.4 Å². The number of halogens is 2. The minimum atomic E-state index is -0.296. The van der Waals surface area contributed by atoms with E-state index >= 15 is 0 Å². The third-order valence-electron chi connectivity index (χ3n) is 5.09.